The van der Waals surface area contributed by atoms with Gasteiger partial charge >= 0.3 is 180 Å². The summed E-state index contributed by atoms with van der Waals surface area (Å²) >= 11 is -0.196. The molecule has 0 radical (unpaired) electrons. The van der Waals surface area contributed by atoms with E-state index in [1.165, 1.54) is 10.4 Å². The Hall–Kier alpha value is -1.50. The van der Waals surface area contributed by atoms with E-state index in [9.17, 15) is 22.3 Å². The monoisotopic (exact) mass is 563 g/mol. The van der Waals surface area contributed by atoms with Crippen LogP contribution in [0.3, 0.4) is 0 Å². The number of hydrogen-bond donors (Lipinski definition) is 1. The topological polar surface area (TPSA) is 70.1 Å². The summed E-state index contributed by atoms with van der Waals surface area (Å²) in [6, 6.07) is 7.71. The minimum absolute atomic E-state index is 0.0103. The number of benzene rings is 2. The number of aliphatic hydroxyl groups is 1. The van der Waals surface area contributed by atoms with Crippen LogP contribution < -0.4 is 30.8 Å². The summed E-state index contributed by atoms with van der Waals surface area (Å²) in [6.45, 7) is 0.351. The average molecular weight is 563 g/mol. The third-order valence-corrected chi connectivity index (χ3v) is 11.7. The Morgan fingerprint density at radius 1 is 1.26 bits per heavy atom. The molecule has 5 rings (SSSR count). The summed E-state index contributed by atoms with van der Waals surface area (Å²) in [5, 5.41) is 10.6. The molecule has 0 aliphatic carbocycles. The van der Waals surface area contributed by atoms with Gasteiger partial charge < -0.3 is 0 Å². The minimum atomic E-state index is -3.78. The maximum atomic E-state index is 13.9. The van der Waals surface area contributed by atoms with Crippen LogP contribution in [0.2, 0.25) is 0 Å². The van der Waals surface area contributed by atoms with E-state index in [1.807, 2.05) is 11.9 Å². The molecule has 31 heavy (non-hydrogen) atoms. The second-order valence-electron chi connectivity index (χ2n) is 8.09. The molecule has 0 saturated carbocycles. The molecule has 3 heterocycles. The zero-order chi connectivity index (χ0) is 22.0. The van der Waals surface area contributed by atoms with E-state index >= 15 is 0 Å². The molecule has 1 N–H and O–H groups in total. The number of fused-ring (bicyclic) bond motifs is 2. The Labute approximate surface area is 190 Å². The maximum absolute atomic E-state index is 13.9. The molecular formula is C21H22F2IN2O4S-. The van der Waals surface area contributed by atoms with Crippen molar-refractivity contribution in [1.82, 2.24) is 4.31 Å². The number of likely N-dealkylation sites (N-methyl/N-ethyl adjacent to an activating group) is 1. The number of hydrogen-bond acceptors (Lipinski definition) is 5. The number of sulfonamides is 1. The van der Waals surface area contributed by atoms with Crippen LogP contribution in [0.1, 0.15) is 18.4 Å². The zero-order valence-corrected chi connectivity index (χ0v) is 19.7. The summed E-state index contributed by atoms with van der Waals surface area (Å²) in [5.74, 6) is -1.61. The molecule has 168 valence electrons. The van der Waals surface area contributed by atoms with Gasteiger partial charge in [-0.3, -0.25) is 0 Å². The summed E-state index contributed by atoms with van der Waals surface area (Å²) in [4.78, 5) is 2.03. The van der Waals surface area contributed by atoms with Crippen LogP contribution in [-0.2, 0) is 13.4 Å². The molecule has 3 atom stereocenters. The molecule has 2 aromatic rings. The third-order valence-electron chi connectivity index (χ3n) is 6.25. The fourth-order valence-electron chi connectivity index (χ4n) is 4.45. The van der Waals surface area contributed by atoms with E-state index in [0.29, 0.717) is 19.4 Å². The van der Waals surface area contributed by atoms with Crippen molar-refractivity contribution in [3.05, 3.63) is 53.6 Å². The normalized spacial score (nSPS) is 27.9. The van der Waals surface area contributed by atoms with Crippen LogP contribution in [0.15, 0.2) is 41.3 Å². The van der Waals surface area contributed by atoms with Crippen LogP contribution in [0.5, 0.6) is 5.75 Å². The number of halogens is 3. The molecule has 3 aliphatic rings. The Kier molecular flexibility index (Phi) is 5.19. The molecule has 10 heteroatoms. The molecule has 3 aliphatic heterocycles. The second-order valence-corrected chi connectivity index (χ2v) is 13.4. The first-order valence-electron chi connectivity index (χ1n) is 9.99. The van der Waals surface area contributed by atoms with Crippen molar-refractivity contribution in [1.29, 1.82) is 0 Å². The van der Waals surface area contributed by atoms with Gasteiger partial charge in [-0.05, 0) is 0 Å². The number of nitrogens with zero attached hydrogens (tertiary/aromatic N) is 2. The van der Waals surface area contributed by atoms with E-state index < -0.39 is 33.9 Å². The molecule has 2 aromatic carbocycles. The van der Waals surface area contributed by atoms with Gasteiger partial charge in [-0.1, -0.05) is 0 Å². The van der Waals surface area contributed by atoms with Gasteiger partial charge in [0.1, 0.15) is 5.82 Å². The van der Waals surface area contributed by atoms with Gasteiger partial charge in [-0.15, -0.1) is 0 Å². The van der Waals surface area contributed by atoms with Gasteiger partial charge in [-0.25, -0.2) is 4.39 Å². The number of anilines is 1. The predicted molar refractivity (Wildman–Crippen MR) is 106 cm³/mol. The standard InChI is InChI=1S/C21H22F2IN2O4S/c1-25-18-6-5-15(10-16(18)21(12-24-21)20(25)27)31(28,29)26-8-2-3-14(26)11-30-19-7-4-13(22)9-17(19)23/h4-7,9-10,14,20,27H,2-3,8,11-12H2,1H3/q-1/t14-,20?,21?/m0/s1. The van der Waals surface area contributed by atoms with Crippen molar-refractivity contribution < 1.29 is 48.2 Å². The zero-order valence-electron chi connectivity index (χ0n) is 16.8. The molecule has 2 fully saturated rings. The summed E-state index contributed by atoms with van der Waals surface area (Å²) in [7, 11) is -1.95. The van der Waals surface area contributed by atoms with Gasteiger partial charge in [0.15, 0.2) is 0 Å². The van der Waals surface area contributed by atoms with E-state index in [-0.39, 0.29) is 41.9 Å². The molecule has 0 amide bonds. The van der Waals surface area contributed by atoms with Crippen molar-refractivity contribution in [2.75, 3.05) is 29.5 Å². The fourth-order valence-corrected chi connectivity index (χ4v) is 9.03. The van der Waals surface area contributed by atoms with Crippen LogP contribution in [0, 0.1) is 11.6 Å². The average Bonchev–Trinajstić information content (AvgIpc) is 3.36. The van der Waals surface area contributed by atoms with Crippen LogP contribution in [0.4, 0.5) is 14.5 Å². The first kappa shape index (κ1) is 21.4. The SMILES string of the molecule is CN1c2ccc(S(=O)(=O)N3CCC[C@H]3COc3ccc(F)cc3F)cc2C2(C[I-]2)C1O. The van der Waals surface area contributed by atoms with Crippen molar-refractivity contribution >= 4 is 15.7 Å². The van der Waals surface area contributed by atoms with E-state index in [4.69, 9.17) is 4.74 Å². The van der Waals surface area contributed by atoms with Crippen molar-refractivity contribution in [3.8, 4) is 5.75 Å². The number of aliphatic hydroxyl groups excluding tert-OH is 1. The van der Waals surface area contributed by atoms with E-state index in [1.54, 1.807) is 18.2 Å². The second kappa shape index (κ2) is 7.53. The Balaban J connectivity index is 1.39. The van der Waals surface area contributed by atoms with Gasteiger partial charge in [0.2, 0.25) is 0 Å². The summed E-state index contributed by atoms with van der Waals surface area (Å²) in [6.07, 6.45) is 0.692. The Morgan fingerprint density at radius 2 is 2.03 bits per heavy atom. The third kappa shape index (κ3) is 3.42. The fraction of sp³-hybridized carbons (Fsp3) is 0.429. The molecule has 2 unspecified atom stereocenters. The molecular weight excluding hydrogens is 541 g/mol. The quantitative estimate of drug-likeness (QED) is 0.384. The Bertz CT molecular complexity index is 1140. The first-order valence-corrected chi connectivity index (χ1v) is 14.0. The number of ether oxygens (including phenoxy) is 1. The molecule has 0 aromatic heterocycles. The molecule has 2 saturated heterocycles. The van der Waals surface area contributed by atoms with Gasteiger partial charge in [0.25, 0.3) is 0 Å². The first-order chi connectivity index (χ1) is 14.7. The van der Waals surface area contributed by atoms with Crippen LogP contribution in [-0.4, -0.2) is 54.7 Å². The molecule has 1 spiro atoms. The van der Waals surface area contributed by atoms with Crippen LogP contribution >= 0.6 is 0 Å². The van der Waals surface area contributed by atoms with Gasteiger partial charge in [-0.2, -0.15) is 0 Å². The van der Waals surface area contributed by atoms with Gasteiger partial charge in [0.05, 0.1) is 0 Å². The molecule has 6 nitrogen and oxygen atoms in total. The summed E-state index contributed by atoms with van der Waals surface area (Å²) in [5.41, 5.74) is 1.81. The van der Waals surface area contributed by atoms with Crippen molar-refractivity contribution in [2.24, 2.45) is 0 Å². The van der Waals surface area contributed by atoms with E-state index in [2.05, 4.69) is 0 Å². The predicted octanol–water partition coefficient (Wildman–Crippen LogP) is -0.737. The molecule has 0 bridgehead atoms. The van der Waals surface area contributed by atoms with Crippen molar-refractivity contribution in [2.45, 2.75) is 33.4 Å². The Morgan fingerprint density at radius 3 is 2.74 bits per heavy atom. The number of alkyl halides is 2. The van der Waals surface area contributed by atoms with Gasteiger partial charge in [0, 0.05) is 0 Å². The van der Waals surface area contributed by atoms with Crippen LogP contribution in [0.25, 0.3) is 0 Å². The number of rotatable bonds is 5. The van der Waals surface area contributed by atoms with Crippen molar-refractivity contribution in [3.63, 3.8) is 0 Å². The summed E-state index contributed by atoms with van der Waals surface area (Å²) < 4.78 is 61.4. The van der Waals surface area contributed by atoms with E-state index in [0.717, 1.165) is 27.8 Å².